The molecule has 1 amide bonds. The first-order valence-corrected chi connectivity index (χ1v) is 12.5. The van der Waals surface area contributed by atoms with Gasteiger partial charge in [-0.05, 0) is 62.3 Å². The summed E-state index contributed by atoms with van der Waals surface area (Å²) in [6.07, 6.45) is 6.99. The molecule has 0 radical (unpaired) electrons. The van der Waals surface area contributed by atoms with E-state index in [1.807, 2.05) is 4.90 Å². The van der Waals surface area contributed by atoms with Crippen LogP contribution in [0, 0.1) is 5.92 Å². The molecule has 1 aromatic carbocycles. The maximum Gasteiger partial charge on any atom is 0.256 e. The minimum absolute atomic E-state index is 0.0601. The Hall–Kier alpha value is -2.67. The molecule has 0 spiro atoms. The predicted molar refractivity (Wildman–Crippen MR) is 124 cm³/mol. The quantitative estimate of drug-likeness (QED) is 0.778. The van der Waals surface area contributed by atoms with Crippen molar-refractivity contribution in [3.8, 4) is 5.75 Å². The van der Waals surface area contributed by atoms with E-state index in [9.17, 15) is 9.59 Å². The van der Waals surface area contributed by atoms with Gasteiger partial charge in [-0.15, -0.1) is 0 Å². The standard InChI is InChI=1S/C26H32N4O3/c31-25-21-16-30(26(32)18-6-7-18)11-9-22(21)27-24(28-25)20-3-1-10-29(15-20)14-17-5-8-23-19(13-17)4-2-12-33-23/h5,8,13,18,20H,1-4,6-7,9-12,14-16H2,(H,27,28,31)/t20-/m1/s1. The molecule has 1 aromatic heterocycles. The van der Waals surface area contributed by atoms with Gasteiger partial charge in [0.1, 0.15) is 11.6 Å². The molecular formula is C26H32N4O3. The molecule has 4 heterocycles. The molecule has 4 aliphatic rings. The fourth-order valence-electron chi connectivity index (χ4n) is 5.61. The third-order valence-electron chi connectivity index (χ3n) is 7.60. The Bertz CT molecular complexity index is 1120. The van der Waals surface area contributed by atoms with E-state index in [2.05, 4.69) is 28.1 Å². The molecule has 1 saturated heterocycles. The van der Waals surface area contributed by atoms with E-state index < -0.39 is 0 Å². The summed E-state index contributed by atoms with van der Waals surface area (Å²) in [4.78, 5) is 37.7. The second-order valence-corrected chi connectivity index (χ2v) is 10.1. The van der Waals surface area contributed by atoms with E-state index >= 15 is 0 Å². The Labute approximate surface area is 194 Å². The van der Waals surface area contributed by atoms with Crippen LogP contribution in [-0.2, 0) is 30.7 Å². The third-order valence-corrected chi connectivity index (χ3v) is 7.60. The lowest BCUT2D eigenvalue weighted by molar-refractivity contribution is -0.133. The van der Waals surface area contributed by atoms with Crippen molar-refractivity contribution in [2.45, 2.75) is 64.0 Å². The molecule has 0 bridgehead atoms. The van der Waals surface area contributed by atoms with Gasteiger partial charge in [-0.3, -0.25) is 14.5 Å². The van der Waals surface area contributed by atoms with E-state index in [-0.39, 0.29) is 23.3 Å². The fraction of sp³-hybridized carbons (Fsp3) is 0.577. The first-order valence-electron chi connectivity index (χ1n) is 12.5. The molecule has 33 heavy (non-hydrogen) atoms. The first-order chi connectivity index (χ1) is 16.1. The average Bonchev–Trinajstić information content (AvgIpc) is 3.69. The number of ether oxygens (including phenoxy) is 1. The number of likely N-dealkylation sites (tertiary alicyclic amines) is 1. The number of hydrogen-bond donors (Lipinski definition) is 1. The highest BCUT2D eigenvalue weighted by Gasteiger charge is 2.36. The van der Waals surface area contributed by atoms with Gasteiger partial charge >= 0.3 is 0 Å². The number of rotatable bonds is 4. The van der Waals surface area contributed by atoms with Crippen molar-refractivity contribution in [2.75, 3.05) is 26.2 Å². The predicted octanol–water partition coefficient (Wildman–Crippen LogP) is 2.77. The molecule has 6 rings (SSSR count). The van der Waals surface area contributed by atoms with Crippen molar-refractivity contribution in [2.24, 2.45) is 5.92 Å². The number of fused-ring (bicyclic) bond motifs is 2. The van der Waals surface area contributed by atoms with Gasteiger partial charge in [-0.1, -0.05) is 12.1 Å². The Morgan fingerprint density at radius 2 is 2.06 bits per heavy atom. The second kappa shape index (κ2) is 8.60. The van der Waals surface area contributed by atoms with E-state index in [1.165, 1.54) is 11.1 Å². The van der Waals surface area contributed by atoms with Crippen LogP contribution < -0.4 is 10.3 Å². The van der Waals surface area contributed by atoms with Crippen molar-refractivity contribution >= 4 is 5.91 Å². The summed E-state index contributed by atoms with van der Waals surface area (Å²) in [5.74, 6) is 2.50. The third kappa shape index (κ3) is 4.31. The SMILES string of the molecule is O=C(C1CC1)N1CCc2nc([C@@H]3CCCN(Cc4ccc5c(c4)CCCO5)C3)[nH]c(=O)c2C1. The van der Waals surface area contributed by atoms with Crippen molar-refractivity contribution in [1.82, 2.24) is 19.8 Å². The molecule has 7 heteroatoms. The second-order valence-electron chi connectivity index (χ2n) is 10.1. The van der Waals surface area contributed by atoms with Gasteiger partial charge in [0, 0.05) is 37.9 Å². The van der Waals surface area contributed by atoms with Crippen LogP contribution in [0.2, 0.25) is 0 Å². The molecule has 1 saturated carbocycles. The molecule has 1 N–H and O–H groups in total. The number of carbonyl (C=O) groups is 1. The number of aromatic amines is 1. The molecule has 7 nitrogen and oxygen atoms in total. The number of carbonyl (C=O) groups excluding carboxylic acids is 1. The lowest BCUT2D eigenvalue weighted by atomic mass is 9.95. The number of nitrogens with zero attached hydrogens (tertiary/aromatic N) is 3. The maximum absolute atomic E-state index is 12.9. The zero-order chi connectivity index (χ0) is 22.4. The molecule has 0 unspecified atom stereocenters. The van der Waals surface area contributed by atoms with Gasteiger partial charge in [0.25, 0.3) is 5.56 Å². The number of aryl methyl sites for hydroxylation is 1. The number of nitrogens with one attached hydrogen (secondary N) is 1. The topological polar surface area (TPSA) is 78.5 Å². The highest BCUT2D eigenvalue weighted by Crippen LogP contribution is 2.33. The number of aromatic nitrogens is 2. The minimum atomic E-state index is -0.0601. The number of hydrogen-bond acceptors (Lipinski definition) is 5. The summed E-state index contributed by atoms with van der Waals surface area (Å²) >= 11 is 0. The monoisotopic (exact) mass is 448 g/mol. The fourth-order valence-corrected chi connectivity index (χ4v) is 5.61. The largest absolute Gasteiger partial charge is 0.493 e. The lowest BCUT2D eigenvalue weighted by Gasteiger charge is -2.33. The van der Waals surface area contributed by atoms with Crippen LogP contribution in [0.1, 0.15) is 66.2 Å². The van der Waals surface area contributed by atoms with E-state index in [0.29, 0.717) is 25.1 Å². The summed E-state index contributed by atoms with van der Waals surface area (Å²) < 4.78 is 5.76. The van der Waals surface area contributed by atoms with Crippen molar-refractivity contribution < 1.29 is 9.53 Å². The summed E-state index contributed by atoms with van der Waals surface area (Å²) in [6.45, 7) is 4.79. The van der Waals surface area contributed by atoms with Gasteiger partial charge in [0.15, 0.2) is 0 Å². The smallest absolute Gasteiger partial charge is 0.256 e. The van der Waals surface area contributed by atoms with Crippen molar-refractivity contribution in [1.29, 1.82) is 0 Å². The Morgan fingerprint density at radius 3 is 2.94 bits per heavy atom. The minimum Gasteiger partial charge on any atom is -0.493 e. The lowest BCUT2D eigenvalue weighted by Crippen LogP contribution is -2.41. The van der Waals surface area contributed by atoms with Crippen LogP contribution in [0.3, 0.4) is 0 Å². The Morgan fingerprint density at radius 1 is 1.15 bits per heavy atom. The molecule has 2 fully saturated rings. The molecular weight excluding hydrogens is 416 g/mol. The summed E-state index contributed by atoms with van der Waals surface area (Å²) in [6, 6.07) is 6.60. The van der Waals surface area contributed by atoms with Crippen LogP contribution in [0.4, 0.5) is 0 Å². The Balaban J connectivity index is 1.15. The molecule has 1 aliphatic carbocycles. The molecule has 174 valence electrons. The average molecular weight is 449 g/mol. The zero-order valence-electron chi connectivity index (χ0n) is 19.1. The van der Waals surface area contributed by atoms with E-state index in [0.717, 1.165) is 82.0 Å². The van der Waals surface area contributed by atoms with Crippen LogP contribution in [0.25, 0.3) is 0 Å². The number of H-pyrrole nitrogens is 1. The zero-order valence-corrected chi connectivity index (χ0v) is 19.1. The van der Waals surface area contributed by atoms with Crippen LogP contribution in [-0.4, -0.2) is 51.9 Å². The molecule has 1 atom stereocenters. The summed E-state index contributed by atoms with van der Waals surface area (Å²) in [7, 11) is 0. The molecule has 2 aromatic rings. The highest BCUT2D eigenvalue weighted by molar-refractivity contribution is 5.81. The number of benzene rings is 1. The maximum atomic E-state index is 12.9. The highest BCUT2D eigenvalue weighted by atomic mass is 16.5. The summed E-state index contributed by atoms with van der Waals surface area (Å²) in [5.41, 5.74) is 4.16. The van der Waals surface area contributed by atoms with Crippen LogP contribution in [0.5, 0.6) is 5.75 Å². The van der Waals surface area contributed by atoms with E-state index in [1.54, 1.807) is 0 Å². The molecule has 3 aliphatic heterocycles. The summed E-state index contributed by atoms with van der Waals surface area (Å²) in [5, 5.41) is 0. The van der Waals surface area contributed by atoms with Crippen LogP contribution >= 0.6 is 0 Å². The van der Waals surface area contributed by atoms with Crippen molar-refractivity contribution in [3.05, 3.63) is 56.8 Å². The van der Waals surface area contributed by atoms with Gasteiger partial charge in [0.05, 0.1) is 24.4 Å². The van der Waals surface area contributed by atoms with E-state index in [4.69, 9.17) is 9.72 Å². The van der Waals surface area contributed by atoms with Crippen molar-refractivity contribution in [3.63, 3.8) is 0 Å². The van der Waals surface area contributed by atoms with Gasteiger partial charge in [0.2, 0.25) is 5.91 Å². The first kappa shape index (κ1) is 20.9. The number of piperidine rings is 1. The van der Waals surface area contributed by atoms with Gasteiger partial charge < -0.3 is 14.6 Å². The normalized spacial score (nSPS) is 22.9. The number of amides is 1. The Kier molecular flexibility index (Phi) is 5.45. The van der Waals surface area contributed by atoms with Gasteiger partial charge in [-0.2, -0.15) is 0 Å². The van der Waals surface area contributed by atoms with Gasteiger partial charge in [-0.25, -0.2) is 4.98 Å². The van der Waals surface area contributed by atoms with Crippen LogP contribution in [0.15, 0.2) is 23.0 Å².